The van der Waals surface area contributed by atoms with Gasteiger partial charge in [-0.25, -0.2) is 35.1 Å². The van der Waals surface area contributed by atoms with Gasteiger partial charge in [-0.3, -0.25) is 4.79 Å². The van der Waals surface area contributed by atoms with Crippen LogP contribution in [0.2, 0.25) is 0 Å². The molecule has 0 spiro atoms. The molecule has 0 aliphatic heterocycles. The van der Waals surface area contributed by atoms with Gasteiger partial charge < -0.3 is 10.4 Å². The maximum absolute atomic E-state index is 15.0. The number of carboxylic acids is 1. The lowest BCUT2D eigenvalue weighted by Gasteiger charge is -2.25. The molecule has 4 N–H and O–H groups in total. The number of rotatable bonds is 7. The summed E-state index contributed by atoms with van der Waals surface area (Å²) < 4.78 is 92.4. The third kappa shape index (κ3) is 5.64. The minimum atomic E-state index is -5.07. The van der Waals surface area contributed by atoms with Gasteiger partial charge in [-0.1, -0.05) is 32.1 Å². The average molecular weight is 473 g/mol. The molecule has 0 aromatic heterocycles. The first-order valence-corrected chi connectivity index (χ1v) is 12.5. The highest BCUT2D eigenvalue weighted by molar-refractivity contribution is 7.91. The van der Waals surface area contributed by atoms with E-state index in [-0.39, 0.29) is 0 Å². The van der Waals surface area contributed by atoms with Gasteiger partial charge in [0.2, 0.25) is 10.0 Å². The lowest BCUT2D eigenvalue weighted by molar-refractivity contribution is -0.136. The number of nitrogens with two attached hydrogens (primary N) is 1. The molecule has 0 unspecified atom stereocenters. The van der Waals surface area contributed by atoms with E-state index in [9.17, 15) is 30.4 Å². The van der Waals surface area contributed by atoms with Gasteiger partial charge in [0.05, 0.1) is 17.9 Å². The van der Waals surface area contributed by atoms with E-state index in [1.165, 1.54) is 0 Å². The standard InChI is InChI=1S/C17H23F3N2O6S2/c18-12-13(19)17(29(25,26)9-8-11(23)24)15(14(20)16(12)30(21,27)28)22-10-6-4-2-1-3-5-7-10/h10,22H,1-9H2,(H,23,24)(H2,21,27,28). The van der Waals surface area contributed by atoms with E-state index in [4.69, 9.17) is 10.2 Å². The number of primary sulfonamides is 1. The van der Waals surface area contributed by atoms with Crippen molar-refractivity contribution >= 4 is 31.5 Å². The SMILES string of the molecule is NS(=O)(=O)c1c(F)c(F)c(S(=O)(=O)CCC(=O)O)c(NC2CCCCCCC2)c1F. The zero-order valence-corrected chi connectivity index (χ0v) is 17.6. The number of hydrogen-bond acceptors (Lipinski definition) is 6. The molecule has 2 rings (SSSR count). The number of benzene rings is 1. The number of sulfonamides is 1. The summed E-state index contributed by atoms with van der Waals surface area (Å²) in [6.45, 7) is 0. The molecule has 1 saturated carbocycles. The quantitative estimate of drug-likeness (QED) is 0.517. The second kappa shape index (κ2) is 9.52. The van der Waals surface area contributed by atoms with E-state index in [0.717, 1.165) is 19.3 Å². The van der Waals surface area contributed by atoms with Crippen LogP contribution in [0.3, 0.4) is 0 Å². The summed E-state index contributed by atoms with van der Waals surface area (Å²) in [6.07, 6.45) is 4.18. The monoisotopic (exact) mass is 472 g/mol. The van der Waals surface area contributed by atoms with Crippen molar-refractivity contribution in [3.63, 3.8) is 0 Å². The van der Waals surface area contributed by atoms with Crippen molar-refractivity contribution in [3.8, 4) is 0 Å². The average Bonchev–Trinajstić information content (AvgIpc) is 2.58. The van der Waals surface area contributed by atoms with E-state index in [0.29, 0.717) is 25.7 Å². The molecule has 170 valence electrons. The number of nitrogens with one attached hydrogen (secondary N) is 1. The summed E-state index contributed by atoms with van der Waals surface area (Å²) in [5, 5.41) is 16.1. The third-order valence-electron chi connectivity index (χ3n) is 4.87. The van der Waals surface area contributed by atoms with Crippen molar-refractivity contribution in [2.45, 2.75) is 67.2 Å². The van der Waals surface area contributed by atoms with Crippen molar-refractivity contribution in [1.82, 2.24) is 0 Å². The van der Waals surface area contributed by atoms with Crippen LogP contribution >= 0.6 is 0 Å². The summed E-state index contributed by atoms with van der Waals surface area (Å²) in [5.41, 5.74) is -1.05. The molecule has 0 radical (unpaired) electrons. The van der Waals surface area contributed by atoms with Gasteiger partial charge in [0.15, 0.2) is 32.2 Å². The van der Waals surface area contributed by atoms with Crippen LogP contribution in [0.15, 0.2) is 9.79 Å². The van der Waals surface area contributed by atoms with Crippen LogP contribution in [0.5, 0.6) is 0 Å². The first-order valence-electron chi connectivity index (χ1n) is 9.30. The van der Waals surface area contributed by atoms with Crippen molar-refractivity contribution in [3.05, 3.63) is 17.5 Å². The minimum Gasteiger partial charge on any atom is -0.481 e. The van der Waals surface area contributed by atoms with E-state index in [1.54, 1.807) is 0 Å². The van der Waals surface area contributed by atoms with Crippen LogP contribution < -0.4 is 10.5 Å². The van der Waals surface area contributed by atoms with Crippen LogP contribution in [0, 0.1) is 17.5 Å². The Hall–Kier alpha value is -1.86. The van der Waals surface area contributed by atoms with Gasteiger partial charge in [-0.15, -0.1) is 0 Å². The predicted octanol–water partition coefficient (Wildman–Crippen LogP) is 2.52. The number of halogens is 3. The number of sulfone groups is 1. The Morgan fingerprint density at radius 1 is 0.933 bits per heavy atom. The molecule has 30 heavy (non-hydrogen) atoms. The zero-order valence-electron chi connectivity index (χ0n) is 16.0. The van der Waals surface area contributed by atoms with Gasteiger partial charge in [0.1, 0.15) is 4.90 Å². The Balaban J connectivity index is 2.68. The molecule has 0 atom stereocenters. The molecule has 1 aliphatic carbocycles. The van der Waals surface area contributed by atoms with Crippen LogP contribution in [-0.2, 0) is 24.7 Å². The summed E-state index contributed by atoms with van der Waals surface area (Å²) in [7, 11) is -9.89. The first-order chi connectivity index (χ1) is 13.9. The topological polar surface area (TPSA) is 144 Å². The van der Waals surface area contributed by atoms with Gasteiger partial charge >= 0.3 is 5.97 Å². The Kier molecular flexibility index (Phi) is 7.74. The van der Waals surface area contributed by atoms with E-state index in [2.05, 4.69) is 5.32 Å². The van der Waals surface area contributed by atoms with Gasteiger partial charge in [0, 0.05) is 6.04 Å². The maximum atomic E-state index is 15.0. The fraction of sp³-hybridized carbons (Fsp3) is 0.588. The molecule has 13 heteroatoms. The van der Waals surface area contributed by atoms with Crippen molar-refractivity contribution in [1.29, 1.82) is 0 Å². The summed E-state index contributed by atoms with van der Waals surface area (Å²) in [6, 6.07) is -0.522. The highest BCUT2D eigenvalue weighted by Gasteiger charge is 2.37. The predicted molar refractivity (Wildman–Crippen MR) is 102 cm³/mol. The Labute approximate surface area is 172 Å². The second-order valence-corrected chi connectivity index (χ2v) is 10.7. The zero-order chi connectivity index (χ0) is 22.7. The number of aliphatic carboxylic acids is 1. The largest absolute Gasteiger partial charge is 0.481 e. The molecule has 0 heterocycles. The molecule has 1 aromatic rings. The first kappa shape index (κ1) is 24.4. The van der Waals surface area contributed by atoms with Crippen LogP contribution in [0.1, 0.15) is 51.4 Å². The van der Waals surface area contributed by atoms with Crippen LogP contribution in [-0.4, -0.2) is 39.7 Å². The highest BCUT2D eigenvalue weighted by atomic mass is 32.2. The molecular weight excluding hydrogens is 449 g/mol. The van der Waals surface area contributed by atoms with Crippen LogP contribution in [0.25, 0.3) is 0 Å². The summed E-state index contributed by atoms with van der Waals surface area (Å²) in [5.74, 6) is -8.90. The van der Waals surface area contributed by atoms with E-state index < -0.39 is 77.0 Å². The summed E-state index contributed by atoms with van der Waals surface area (Å²) in [4.78, 5) is 7.51. The normalized spacial score (nSPS) is 16.7. The highest BCUT2D eigenvalue weighted by Crippen LogP contribution is 2.37. The maximum Gasteiger partial charge on any atom is 0.304 e. The number of hydrogen-bond donors (Lipinski definition) is 3. The Morgan fingerprint density at radius 2 is 1.43 bits per heavy atom. The lowest BCUT2D eigenvalue weighted by atomic mass is 9.96. The molecule has 1 aromatic carbocycles. The van der Waals surface area contributed by atoms with Crippen molar-refractivity contribution in [2.75, 3.05) is 11.1 Å². The minimum absolute atomic E-state index is 0.470. The third-order valence-corrected chi connectivity index (χ3v) is 7.55. The fourth-order valence-electron chi connectivity index (χ4n) is 3.42. The molecule has 1 fully saturated rings. The smallest absolute Gasteiger partial charge is 0.304 e. The lowest BCUT2D eigenvalue weighted by Crippen LogP contribution is -2.27. The molecule has 8 nitrogen and oxygen atoms in total. The van der Waals surface area contributed by atoms with Gasteiger partial charge in [-0.05, 0) is 12.8 Å². The van der Waals surface area contributed by atoms with Gasteiger partial charge in [0.25, 0.3) is 0 Å². The summed E-state index contributed by atoms with van der Waals surface area (Å²) >= 11 is 0. The number of anilines is 1. The van der Waals surface area contributed by atoms with E-state index >= 15 is 4.39 Å². The van der Waals surface area contributed by atoms with Crippen molar-refractivity contribution < 1.29 is 39.9 Å². The van der Waals surface area contributed by atoms with Crippen molar-refractivity contribution in [2.24, 2.45) is 5.14 Å². The molecule has 0 bridgehead atoms. The number of carbonyl (C=O) groups is 1. The number of carboxylic acid groups (broad SMARTS) is 1. The second-order valence-electron chi connectivity index (χ2n) is 7.17. The molecular formula is C17H23F3N2O6S2. The van der Waals surface area contributed by atoms with E-state index in [1.807, 2.05) is 0 Å². The van der Waals surface area contributed by atoms with Crippen LogP contribution in [0.4, 0.5) is 18.9 Å². The molecule has 0 saturated heterocycles. The molecule has 1 aliphatic rings. The Bertz CT molecular complexity index is 1020. The Morgan fingerprint density at radius 3 is 1.93 bits per heavy atom. The molecule has 0 amide bonds. The van der Waals surface area contributed by atoms with Gasteiger partial charge in [-0.2, -0.15) is 0 Å². The fourth-order valence-corrected chi connectivity index (χ4v) is 5.58.